The highest BCUT2D eigenvalue weighted by Crippen LogP contribution is 2.19. The third-order valence-electron chi connectivity index (χ3n) is 2.83. The van der Waals surface area contributed by atoms with Crippen LogP contribution in [0.5, 0.6) is 0 Å². The molecule has 0 heterocycles. The van der Waals surface area contributed by atoms with E-state index in [1.54, 1.807) is 4.90 Å². The molecule has 0 aliphatic rings. The maximum atomic E-state index is 13.6. The number of aliphatic hydroxyl groups excluding tert-OH is 1. The van der Waals surface area contributed by atoms with Crippen LogP contribution < -0.4 is 5.32 Å². The monoisotopic (exact) mass is 302 g/mol. The molecule has 0 unspecified atom stereocenters. The van der Waals surface area contributed by atoms with Crippen molar-refractivity contribution in [3.05, 3.63) is 29.0 Å². The number of amides is 2. The van der Waals surface area contributed by atoms with Gasteiger partial charge in [-0.15, -0.1) is 0 Å². The second kappa shape index (κ2) is 8.76. The maximum absolute atomic E-state index is 13.6. The predicted molar refractivity (Wildman–Crippen MR) is 78.6 cm³/mol. The summed E-state index contributed by atoms with van der Waals surface area (Å²) >= 11 is 5.66. The standard InChI is InChI=1S/C14H20ClFN2O2/c1-2-3-7-18(8-4-9-19)14(20)17-13-6-5-11(15)10-12(13)16/h5-6,10,19H,2-4,7-9H2,1H3,(H,17,20). The van der Waals surface area contributed by atoms with E-state index in [2.05, 4.69) is 5.32 Å². The number of hydrogen-bond donors (Lipinski definition) is 2. The van der Waals surface area contributed by atoms with Crippen molar-refractivity contribution in [3.63, 3.8) is 0 Å². The Kier molecular flexibility index (Phi) is 7.33. The van der Waals surface area contributed by atoms with Crippen LogP contribution in [0.15, 0.2) is 18.2 Å². The first kappa shape index (κ1) is 16.7. The van der Waals surface area contributed by atoms with E-state index >= 15 is 0 Å². The lowest BCUT2D eigenvalue weighted by Gasteiger charge is -2.22. The van der Waals surface area contributed by atoms with Gasteiger partial charge in [-0.05, 0) is 31.0 Å². The fourth-order valence-corrected chi connectivity index (χ4v) is 1.87. The molecule has 0 spiro atoms. The summed E-state index contributed by atoms with van der Waals surface area (Å²) in [5, 5.41) is 11.7. The lowest BCUT2D eigenvalue weighted by Crippen LogP contribution is -2.37. The van der Waals surface area contributed by atoms with Crippen LogP contribution in [0.1, 0.15) is 26.2 Å². The van der Waals surface area contributed by atoms with Gasteiger partial charge in [0.1, 0.15) is 5.82 Å². The van der Waals surface area contributed by atoms with Gasteiger partial charge >= 0.3 is 6.03 Å². The number of aliphatic hydroxyl groups is 1. The Hall–Kier alpha value is -1.33. The van der Waals surface area contributed by atoms with Crippen LogP contribution in [0.2, 0.25) is 5.02 Å². The van der Waals surface area contributed by atoms with E-state index < -0.39 is 5.82 Å². The van der Waals surface area contributed by atoms with Gasteiger partial charge in [0.2, 0.25) is 0 Å². The molecule has 0 fully saturated rings. The third-order valence-corrected chi connectivity index (χ3v) is 3.06. The van der Waals surface area contributed by atoms with E-state index in [1.807, 2.05) is 6.92 Å². The Balaban J connectivity index is 2.68. The van der Waals surface area contributed by atoms with E-state index in [-0.39, 0.29) is 23.3 Å². The summed E-state index contributed by atoms with van der Waals surface area (Å²) in [6.45, 7) is 3.07. The van der Waals surface area contributed by atoms with Gasteiger partial charge in [0, 0.05) is 24.7 Å². The minimum absolute atomic E-state index is 0.0191. The molecule has 0 radical (unpaired) electrons. The van der Waals surface area contributed by atoms with Crippen molar-refractivity contribution in [1.29, 1.82) is 0 Å². The summed E-state index contributed by atoms with van der Waals surface area (Å²) in [6.07, 6.45) is 2.32. The molecule has 0 aromatic heterocycles. The molecule has 0 aliphatic carbocycles. The number of halogens is 2. The molecule has 6 heteroatoms. The fourth-order valence-electron chi connectivity index (χ4n) is 1.71. The zero-order valence-corrected chi connectivity index (χ0v) is 12.3. The van der Waals surface area contributed by atoms with Crippen LogP contribution in [-0.4, -0.2) is 35.7 Å². The molecular formula is C14H20ClFN2O2. The number of anilines is 1. The molecule has 4 nitrogen and oxygen atoms in total. The minimum Gasteiger partial charge on any atom is -0.396 e. The second-order valence-electron chi connectivity index (χ2n) is 4.47. The van der Waals surface area contributed by atoms with Gasteiger partial charge in [-0.25, -0.2) is 9.18 Å². The topological polar surface area (TPSA) is 52.6 Å². The third kappa shape index (κ3) is 5.35. The summed E-state index contributed by atoms with van der Waals surface area (Å²) in [4.78, 5) is 13.7. The number of hydrogen-bond acceptors (Lipinski definition) is 2. The summed E-state index contributed by atoms with van der Waals surface area (Å²) in [6, 6.07) is 3.73. The van der Waals surface area contributed by atoms with Gasteiger partial charge in [-0.3, -0.25) is 0 Å². The van der Waals surface area contributed by atoms with Crippen molar-refractivity contribution >= 4 is 23.3 Å². The van der Waals surface area contributed by atoms with Crippen molar-refractivity contribution in [2.24, 2.45) is 0 Å². The highest BCUT2D eigenvalue weighted by atomic mass is 35.5. The molecule has 0 aliphatic heterocycles. The van der Waals surface area contributed by atoms with Crippen molar-refractivity contribution < 1.29 is 14.3 Å². The van der Waals surface area contributed by atoms with E-state index in [0.29, 0.717) is 19.5 Å². The Morgan fingerprint density at radius 3 is 2.70 bits per heavy atom. The van der Waals surface area contributed by atoms with Crippen molar-refractivity contribution in [2.75, 3.05) is 25.0 Å². The quantitative estimate of drug-likeness (QED) is 0.810. The average molecular weight is 303 g/mol. The predicted octanol–water partition coefficient (Wildman–Crippen LogP) is 3.50. The van der Waals surface area contributed by atoms with Crippen LogP contribution in [0.3, 0.4) is 0 Å². The molecule has 2 N–H and O–H groups in total. The van der Waals surface area contributed by atoms with E-state index in [1.165, 1.54) is 12.1 Å². The number of carbonyl (C=O) groups is 1. The Bertz CT molecular complexity index is 435. The van der Waals surface area contributed by atoms with Crippen molar-refractivity contribution in [3.8, 4) is 0 Å². The lowest BCUT2D eigenvalue weighted by molar-refractivity contribution is 0.201. The summed E-state index contributed by atoms with van der Waals surface area (Å²) < 4.78 is 13.6. The molecule has 0 atom stereocenters. The molecule has 1 aromatic carbocycles. The number of benzene rings is 1. The zero-order valence-electron chi connectivity index (χ0n) is 11.5. The first-order chi connectivity index (χ1) is 9.58. The fraction of sp³-hybridized carbons (Fsp3) is 0.500. The zero-order chi connectivity index (χ0) is 15.0. The number of carbonyl (C=O) groups excluding carboxylic acids is 1. The van der Waals surface area contributed by atoms with E-state index in [9.17, 15) is 9.18 Å². The van der Waals surface area contributed by atoms with Gasteiger partial charge in [-0.2, -0.15) is 0 Å². The molecule has 2 amide bonds. The molecule has 0 saturated carbocycles. The van der Waals surface area contributed by atoms with Gasteiger partial charge in [0.25, 0.3) is 0 Å². The molecule has 0 saturated heterocycles. The largest absolute Gasteiger partial charge is 0.396 e. The highest BCUT2D eigenvalue weighted by Gasteiger charge is 2.14. The SMILES string of the molecule is CCCCN(CCCO)C(=O)Nc1ccc(Cl)cc1F. The van der Waals surface area contributed by atoms with Crippen molar-refractivity contribution in [2.45, 2.75) is 26.2 Å². The molecule has 0 bridgehead atoms. The second-order valence-corrected chi connectivity index (χ2v) is 4.91. The van der Waals surface area contributed by atoms with Crippen LogP contribution in [0.25, 0.3) is 0 Å². The first-order valence-corrected chi connectivity index (χ1v) is 7.08. The first-order valence-electron chi connectivity index (χ1n) is 6.70. The maximum Gasteiger partial charge on any atom is 0.321 e. The van der Waals surface area contributed by atoms with Crippen molar-refractivity contribution in [1.82, 2.24) is 4.90 Å². The molecule has 112 valence electrons. The van der Waals surface area contributed by atoms with Crippen LogP contribution >= 0.6 is 11.6 Å². The number of rotatable bonds is 7. The number of nitrogens with one attached hydrogen (secondary N) is 1. The van der Waals surface area contributed by atoms with E-state index in [0.717, 1.165) is 18.9 Å². The van der Waals surface area contributed by atoms with Crippen LogP contribution in [0, 0.1) is 5.82 Å². The lowest BCUT2D eigenvalue weighted by atomic mass is 10.3. The Labute approximate surface area is 123 Å². The van der Waals surface area contributed by atoms with Gasteiger partial charge in [-0.1, -0.05) is 24.9 Å². The summed E-state index contributed by atoms with van der Waals surface area (Å²) in [5.74, 6) is -0.566. The smallest absolute Gasteiger partial charge is 0.321 e. The van der Waals surface area contributed by atoms with Gasteiger partial charge in [0.15, 0.2) is 0 Å². The number of urea groups is 1. The van der Waals surface area contributed by atoms with Crippen LogP contribution in [-0.2, 0) is 0 Å². The average Bonchev–Trinajstić information content (AvgIpc) is 2.42. The molecule has 1 rings (SSSR count). The van der Waals surface area contributed by atoms with Crippen LogP contribution in [0.4, 0.5) is 14.9 Å². The number of unbranched alkanes of at least 4 members (excludes halogenated alkanes) is 1. The summed E-state index contributed by atoms with van der Waals surface area (Å²) in [7, 11) is 0. The normalized spacial score (nSPS) is 10.4. The number of nitrogens with zero attached hydrogens (tertiary/aromatic N) is 1. The molecule has 1 aromatic rings. The van der Waals surface area contributed by atoms with Gasteiger partial charge < -0.3 is 15.3 Å². The Morgan fingerprint density at radius 2 is 2.10 bits per heavy atom. The molecular weight excluding hydrogens is 283 g/mol. The molecule has 20 heavy (non-hydrogen) atoms. The minimum atomic E-state index is -0.566. The highest BCUT2D eigenvalue weighted by molar-refractivity contribution is 6.30. The Morgan fingerprint density at radius 1 is 1.40 bits per heavy atom. The summed E-state index contributed by atoms with van der Waals surface area (Å²) in [5.41, 5.74) is 0.102. The van der Waals surface area contributed by atoms with Gasteiger partial charge in [0.05, 0.1) is 5.69 Å². The van der Waals surface area contributed by atoms with E-state index in [4.69, 9.17) is 16.7 Å².